The molecule has 1 saturated heterocycles. The second-order valence-corrected chi connectivity index (χ2v) is 8.51. The number of hydrogen-bond acceptors (Lipinski definition) is 4. The summed E-state index contributed by atoms with van der Waals surface area (Å²) in [6, 6.07) is 27.1. The second-order valence-electron chi connectivity index (χ2n) is 8.51. The number of imide groups is 1. The van der Waals surface area contributed by atoms with E-state index in [-0.39, 0.29) is 6.61 Å². The molecule has 0 N–H and O–H groups in total. The SMILES string of the molecule is CC(OCc1ccc(-c2ccccc2)cc1)C(=O)N1C(=O)OC(C)(C)[C@@H]1c1ccccc1. The van der Waals surface area contributed by atoms with Crippen molar-refractivity contribution in [1.29, 1.82) is 0 Å². The maximum Gasteiger partial charge on any atom is 0.417 e. The number of cyclic esters (lactones) is 1. The Hall–Kier alpha value is -3.44. The number of ether oxygens (including phenoxy) is 2. The lowest BCUT2D eigenvalue weighted by molar-refractivity contribution is -0.141. The van der Waals surface area contributed by atoms with Crippen molar-refractivity contribution < 1.29 is 19.1 Å². The van der Waals surface area contributed by atoms with Gasteiger partial charge in [0.15, 0.2) is 0 Å². The van der Waals surface area contributed by atoms with Gasteiger partial charge in [-0.1, -0.05) is 84.9 Å². The van der Waals surface area contributed by atoms with E-state index in [4.69, 9.17) is 9.47 Å². The molecule has 2 atom stereocenters. The molecular weight excluding hydrogens is 402 g/mol. The molecule has 164 valence electrons. The molecule has 5 heteroatoms. The molecule has 0 bridgehead atoms. The van der Waals surface area contributed by atoms with E-state index in [2.05, 4.69) is 12.1 Å². The molecule has 1 aliphatic heterocycles. The largest absolute Gasteiger partial charge is 0.440 e. The van der Waals surface area contributed by atoms with Gasteiger partial charge >= 0.3 is 6.09 Å². The van der Waals surface area contributed by atoms with Crippen LogP contribution in [-0.4, -0.2) is 28.6 Å². The predicted molar refractivity (Wildman–Crippen MR) is 123 cm³/mol. The third kappa shape index (κ3) is 4.43. The standard InChI is InChI=1S/C27H27NO4/c1-19(31-18-20-14-16-22(17-15-20)21-10-6-4-7-11-21)25(29)28-24(23-12-8-5-9-13-23)27(2,3)32-26(28)30/h4-17,19,24H,18H2,1-3H3/t19?,24-/m0/s1. The Morgan fingerprint density at radius 1 is 0.938 bits per heavy atom. The van der Waals surface area contributed by atoms with Crippen molar-refractivity contribution in [3.05, 3.63) is 96.1 Å². The molecular formula is C27H27NO4. The molecule has 0 spiro atoms. The van der Waals surface area contributed by atoms with Gasteiger partial charge in [0.2, 0.25) is 0 Å². The first-order valence-corrected chi connectivity index (χ1v) is 10.7. The van der Waals surface area contributed by atoms with Crippen LogP contribution in [0.25, 0.3) is 11.1 Å². The van der Waals surface area contributed by atoms with Gasteiger partial charge in [-0.25, -0.2) is 9.69 Å². The zero-order valence-corrected chi connectivity index (χ0v) is 18.5. The maximum absolute atomic E-state index is 13.2. The third-order valence-electron chi connectivity index (χ3n) is 5.73. The molecule has 4 rings (SSSR count). The van der Waals surface area contributed by atoms with Gasteiger partial charge in [-0.15, -0.1) is 0 Å². The molecule has 1 heterocycles. The van der Waals surface area contributed by atoms with Crippen molar-refractivity contribution in [3.63, 3.8) is 0 Å². The second kappa shape index (κ2) is 8.97. The summed E-state index contributed by atoms with van der Waals surface area (Å²) < 4.78 is 11.4. The molecule has 1 aliphatic rings. The highest BCUT2D eigenvalue weighted by molar-refractivity contribution is 5.96. The van der Waals surface area contributed by atoms with E-state index in [1.54, 1.807) is 6.92 Å². The average molecular weight is 430 g/mol. The maximum atomic E-state index is 13.2. The minimum atomic E-state index is -0.832. The third-order valence-corrected chi connectivity index (χ3v) is 5.73. The van der Waals surface area contributed by atoms with Crippen LogP contribution >= 0.6 is 0 Å². The Morgan fingerprint density at radius 2 is 1.50 bits per heavy atom. The predicted octanol–water partition coefficient (Wildman–Crippen LogP) is 5.76. The van der Waals surface area contributed by atoms with Crippen molar-refractivity contribution in [1.82, 2.24) is 4.90 Å². The first-order chi connectivity index (χ1) is 15.4. The smallest absolute Gasteiger partial charge is 0.417 e. The summed E-state index contributed by atoms with van der Waals surface area (Å²) >= 11 is 0. The van der Waals surface area contributed by atoms with E-state index in [9.17, 15) is 9.59 Å². The number of carbonyl (C=O) groups excluding carboxylic acids is 2. The van der Waals surface area contributed by atoms with Crippen molar-refractivity contribution in [2.24, 2.45) is 0 Å². The lowest BCUT2D eigenvalue weighted by Crippen LogP contribution is -2.43. The van der Waals surface area contributed by atoms with Gasteiger partial charge in [0.1, 0.15) is 17.7 Å². The van der Waals surface area contributed by atoms with Gasteiger partial charge in [-0.05, 0) is 43.0 Å². The highest BCUT2D eigenvalue weighted by atomic mass is 16.6. The Morgan fingerprint density at radius 3 is 2.12 bits per heavy atom. The summed E-state index contributed by atoms with van der Waals surface area (Å²) in [5.41, 5.74) is 3.23. The van der Waals surface area contributed by atoms with Gasteiger partial charge in [0, 0.05) is 0 Å². The van der Waals surface area contributed by atoms with E-state index in [0.29, 0.717) is 0 Å². The van der Waals surface area contributed by atoms with Crippen LogP contribution in [0.3, 0.4) is 0 Å². The van der Waals surface area contributed by atoms with Gasteiger partial charge in [-0.3, -0.25) is 4.79 Å². The molecule has 0 radical (unpaired) electrons. The van der Waals surface area contributed by atoms with E-state index in [1.807, 2.05) is 86.6 Å². The zero-order valence-electron chi connectivity index (χ0n) is 18.5. The first kappa shape index (κ1) is 21.8. The van der Waals surface area contributed by atoms with Crippen LogP contribution in [-0.2, 0) is 20.9 Å². The molecule has 5 nitrogen and oxygen atoms in total. The Bertz CT molecular complexity index is 1080. The molecule has 0 aliphatic carbocycles. The Labute approximate surface area is 188 Å². The molecule has 32 heavy (non-hydrogen) atoms. The highest BCUT2D eigenvalue weighted by Crippen LogP contribution is 2.41. The van der Waals surface area contributed by atoms with Crippen LogP contribution < -0.4 is 0 Å². The molecule has 0 saturated carbocycles. The summed E-state index contributed by atoms with van der Waals surface area (Å²) in [6.45, 7) is 5.57. The first-order valence-electron chi connectivity index (χ1n) is 10.7. The van der Waals surface area contributed by atoms with Crippen LogP contribution in [0.1, 0.15) is 37.9 Å². The Kier molecular flexibility index (Phi) is 6.10. The van der Waals surface area contributed by atoms with Gasteiger partial charge in [-0.2, -0.15) is 0 Å². The van der Waals surface area contributed by atoms with Crippen LogP contribution in [0.4, 0.5) is 4.79 Å². The van der Waals surface area contributed by atoms with Crippen LogP contribution in [0.15, 0.2) is 84.9 Å². The number of hydrogen-bond donors (Lipinski definition) is 0. The summed E-state index contributed by atoms with van der Waals surface area (Å²) in [5.74, 6) is -0.407. The topological polar surface area (TPSA) is 55.8 Å². The van der Waals surface area contributed by atoms with Crippen LogP contribution in [0.5, 0.6) is 0 Å². The van der Waals surface area contributed by atoms with Gasteiger partial charge in [0.25, 0.3) is 5.91 Å². The van der Waals surface area contributed by atoms with Crippen molar-refractivity contribution >= 4 is 12.0 Å². The number of carbonyl (C=O) groups is 2. The summed E-state index contributed by atoms with van der Waals surface area (Å²) in [7, 11) is 0. The molecule has 1 unspecified atom stereocenters. The number of amides is 2. The fourth-order valence-corrected chi connectivity index (χ4v) is 4.06. The van der Waals surface area contributed by atoms with Crippen molar-refractivity contribution in [3.8, 4) is 11.1 Å². The summed E-state index contributed by atoms with van der Waals surface area (Å²) in [4.78, 5) is 27.0. The van der Waals surface area contributed by atoms with Crippen molar-refractivity contribution in [2.75, 3.05) is 0 Å². The number of nitrogens with zero attached hydrogens (tertiary/aromatic N) is 1. The molecule has 3 aromatic rings. The number of rotatable bonds is 6. The lowest BCUT2D eigenvalue weighted by atomic mass is 9.91. The van der Waals surface area contributed by atoms with Gasteiger partial charge in [0.05, 0.1) is 6.61 Å². The molecule has 2 amide bonds. The molecule has 3 aromatic carbocycles. The minimum absolute atomic E-state index is 0.268. The van der Waals surface area contributed by atoms with E-state index >= 15 is 0 Å². The van der Waals surface area contributed by atoms with Crippen LogP contribution in [0, 0.1) is 0 Å². The molecule has 1 fully saturated rings. The molecule has 0 aromatic heterocycles. The Balaban J connectivity index is 1.44. The summed E-state index contributed by atoms with van der Waals surface area (Å²) in [5, 5.41) is 0. The van der Waals surface area contributed by atoms with Gasteiger partial charge < -0.3 is 9.47 Å². The van der Waals surface area contributed by atoms with Crippen LogP contribution in [0.2, 0.25) is 0 Å². The highest BCUT2D eigenvalue weighted by Gasteiger charge is 2.52. The lowest BCUT2D eigenvalue weighted by Gasteiger charge is -2.29. The quantitative estimate of drug-likeness (QED) is 0.500. The minimum Gasteiger partial charge on any atom is -0.440 e. The fraction of sp³-hybridized carbons (Fsp3) is 0.259. The van der Waals surface area contributed by atoms with E-state index in [1.165, 1.54) is 4.90 Å². The zero-order chi connectivity index (χ0) is 22.7. The average Bonchev–Trinajstić information content (AvgIpc) is 3.06. The summed E-state index contributed by atoms with van der Waals surface area (Å²) in [6.07, 6.45) is -1.44. The van der Waals surface area contributed by atoms with E-state index < -0.39 is 29.7 Å². The normalized spacial score (nSPS) is 18.3. The fourth-order valence-electron chi connectivity index (χ4n) is 4.06. The van der Waals surface area contributed by atoms with Crippen molar-refractivity contribution in [2.45, 2.75) is 45.1 Å². The number of benzene rings is 3. The van der Waals surface area contributed by atoms with E-state index in [0.717, 1.165) is 22.3 Å². The monoisotopic (exact) mass is 429 g/mol.